The van der Waals surface area contributed by atoms with Gasteiger partial charge in [0, 0.05) is 31.2 Å². The molecule has 0 aromatic heterocycles. The zero-order valence-electron chi connectivity index (χ0n) is 15.8. The molecule has 1 aliphatic heterocycles. The first-order valence-electron chi connectivity index (χ1n) is 8.89. The SMILES string of the molecule is CCS(=O)(=O)N1CCN(C(=O)CNC(=O)CNC(=O)c2ccc(Cl)cc2Cl)CC1. The molecule has 2 rings (SSSR count). The summed E-state index contributed by atoms with van der Waals surface area (Å²) in [5.74, 6) is -1.38. The van der Waals surface area contributed by atoms with E-state index in [1.54, 1.807) is 6.92 Å². The second-order valence-electron chi connectivity index (χ2n) is 6.26. The molecule has 2 N–H and O–H groups in total. The molecule has 1 aliphatic rings. The number of benzene rings is 1. The monoisotopic (exact) mass is 464 g/mol. The number of nitrogens with zero attached hydrogens (tertiary/aromatic N) is 2. The molecule has 1 fully saturated rings. The number of sulfonamides is 1. The first kappa shape index (κ1) is 23.4. The van der Waals surface area contributed by atoms with Gasteiger partial charge in [0.2, 0.25) is 21.8 Å². The van der Waals surface area contributed by atoms with Crippen LogP contribution in [0.2, 0.25) is 10.0 Å². The fourth-order valence-electron chi connectivity index (χ4n) is 2.68. The third-order valence-electron chi connectivity index (χ3n) is 4.37. The molecule has 1 heterocycles. The molecule has 0 bridgehead atoms. The van der Waals surface area contributed by atoms with Gasteiger partial charge >= 0.3 is 0 Å². The van der Waals surface area contributed by atoms with Crippen molar-refractivity contribution in [3.05, 3.63) is 33.8 Å². The molecule has 12 heteroatoms. The second-order valence-corrected chi connectivity index (χ2v) is 9.37. The highest BCUT2D eigenvalue weighted by Crippen LogP contribution is 2.20. The molecule has 0 atom stereocenters. The number of halogens is 2. The number of hydrogen-bond acceptors (Lipinski definition) is 5. The third kappa shape index (κ3) is 6.56. The summed E-state index contributed by atoms with van der Waals surface area (Å²) in [5, 5.41) is 5.39. The first-order valence-corrected chi connectivity index (χ1v) is 11.3. The lowest BCUT2D eigenvalue weighted by Gasteiger charge is -2.33. The number of piperazine rings is 1. The van der Waals surface area contributed by atoms with Gasteiger partial charge in [0.25, 0.3) is 5.91 Å². The van der Waals surface area contributed by atoms with Crippen LogP contribution in [-0.2, 0) is 19.6 Å². The second kappa shape index (κ2) is 10.2. The molecule has 9 nitrogen and oxygen atoms in total. The molecule has 0 aliphatic carbocycles. The smallest absolute Gasteiger partial charge is 0.253 e. The highest BCUT2D eigenvalue weighted by molar-refractivity contribution is 7.89. The average molecular weight is 465 g/mol. The van der Waals surface area contributed by atoms with Crippen LogP contribution in [0.4, 0.5) is 0 Å². The average Bonchev–Trinajstić information content (AvgIpc) is 2.70. The van der Waals surface area contributed by atoms with Gasteiger partial charge in [0.05, 0.1) is 29.4 Å². The molecule has 1 aromatic rings. The Labute approximate surface area is 179 Å². The molecular weight excluding hydrogens is 443 g/mol. The van der Waals surface area contributed by atoms with E-state index < -0.39 is 21.8 Å². The van der Waals surface area contributed by atoms with Gasteiger partial charge in [-0.15, -0.1) is 0 Å². The highest BCUT2D eigenvalue weighted by atomic mass is 35.5. The van der Waals surface area contributed by atoms with E-state index in [0.29, 0.717) is 5.02 Å². The van der Waals surface area contributed by atoms with Crippen LogP contribution in [0.3, 0.4) is 0 Å². The van der Waals surface area contributed by atoms with Crippen molar-refractivity contribution in [3.63, 3.8) is 0 Å². The van der Waals surface area contributed by atoms with Crippen molar-refractivity contribution in [1.29, 1.82) is 0 Å². The minimum Gasteiger partial charge on any atom is -0.345 e. The normalized spacial score (nSPS) is 15.1. The summed E-state index contributed by atoms with van der Waals surface area (Å²) >= 11 is 11.7. The number of carbonyl (C=O) groups is 3. The number of carbonyl (C=O) groups excluding carboxylic acids is 3. The summed E-state index contributed by atoms with van der Waals surface area (Å²) in [6, 6.07) is 4.37. The van der Waals surface area contributed by atoms with Gasteiger partial charge in [-0.05, 0) is 25.1 Å². The standard InChI is InChI=1S/C17H22Cl2N4O5S/c1-2-29(27,28)23-7-5-22(6-8-23)16(25)11-20-15(24)10-21-17(26)13-4-3-12(18)9-14(13)19/h3-4,9H,2,5-8,10-11H2,1H3,(H,20,24)(H,21,26). The molecule has 0 unspecified atom stereocenters. The van der Waals surface area contributed by atoms with E-state index in [2.05, 4.69) is 10.6 Å². The first-order chi connectivity index (χ1) is 13.6. The van der Waals surface area contributed by atoms with Crippen LogP contribution in [-0.4, -0.2) is 80.4 Å². The topological polar surface area (TPSA) is 116 Å². The number of amides is 3. The maximum absolute atomic E-state index is 12.2. The van der Waals surface area contributed by atoms with E-state index in [1.807, 2.05) is 0 Å². The van der Waals surface area contributed by atoms with Crippen molar-refractivity contribution in [3.8, 4) is 0 Å². The zero-order chi connectivity index (χ0) is 21.6. The minimum atomic E-state index is -3.27. The van der Waals surface area contributed by atoms with E-state index >= 15 is 0 Å². The van der Waals surface area contributed by atoms with Gasteiger partial charge < -0.3 is 15.5 Å². The van der Waals surface area contributed by atoms with Crippen LogP contribution < -0.4 is 10.6 Å². The van der Waals surface area contributed by atoms with Gasteiger partial charge in [-0.3, -0.25) is 14.4 Å². The van der Waals surface area contributed by atoms with Crippen molar-refractivity contribution >= 4 is 50.9 Å². The van der Waals surface area contributed by atoms with Crippen molar-refractivity contribution < 1.29 is 22.8 Å². The van der Waals surface area contributed by atoms with Crippen LogP contribution in [0.15, 0.2) is 18.2 Å². The van der Waals surface area contributed by atoms with E-state index in [4.69, 9.17) is 23.2 Å². The fourth-order valence-corrected chi connectivity index (χ4v) is 4.26. The van der Waals surface area contributed by atoms with Crippen molar-refractivity contribution in [2.45, 2.75) is 6.92 Å². The van der Waals surface area contributed by atoms with Crippen LogP contribution in [0, 0.1) is 0 Å². The fraction of sp³-hybridized carbons (Fsp3) is 0.471. The lowest BCUT2D eigenvalue weighted by Crippen LogP contribution is -2.53. The molecule has 3 amide bonds. The summed E-state index contributed by atoms with van der Waals surface area (Å²) in [6.07, 6.45) is 0. The highest BCUT2D eigenvalue weighted by Gasteiger charge is 2.27. The molecule has 0 radical (unpaired) electrons. The number of rotatable bonds is 7. The van der Waals surface area contributed by atoms with E-state index in [-0.39, 0.29) is 61.5 Å². The van der Waals surface area contributed by atoms with Gasteiger partial charge in [-0.2, -0.15) is 4.31 Å². The Balaban J connectivity index is 1.74. The third-order valence-corrected chi connectivity index (χ3v) is 6.80. The van der Waals surface area contributed by atoms with E-state index in [0.717, 1.165) is 0 Å². The van der Waals surface area contributed by atoms with Crippen LogP contribution >= 0.6 is 23.2 Å². The Hall–Kier alpha value is -1.88. The quantitative estimate of drug-likeness (QED) is 0.603. The predicted octanol–water partition coefficient (Wildman–Crippen LogP) is 0.333. The Morgan fingerprint density at radius 1 is 1.03 bits per heavy atom. The van der Waals surface area contributed by atoms with E-state index in [1.165, 1.54) is 27.4 Å². The molecule has 1 saturated heterocycles. The molecule has 0 spiro atoms. The van der Waals surface area contributed by atoms with Crippen LogP contribution in [0.25, 0.3) is 0 Å². The maximum atomic E-state index is 12.2. The van der Waals surface area contributed by atoms with Crippen LogP contribution in [0.1, 0.15) is 17.3 Å². The van der Waals surface area contributed by atoms with Gasteiger partial charge in [-0.1, -0.05) is 23.2 Å². The van der Waals surface area contributed by atoms with Gasteiger partial charge in [0.15, 0.2) is 0 Å². The summed E-state index contributed by atoms with van der Waals surface area (Å²) in [6.45, 7) is 1.99. The number of nitrogens with one attached hydrogen (secondary N) is 2. The molecule has 0 saturated carbocycles. The summed E-state index contributed by atoms with van der Waals surface area (Å²) in [4.78, 5) is 37.6. The van der Waals surface area contributed by atoms with Crippen LogP contribution in [0.5, 0.6) is 0 Å². The Morgan fingerprint density at radius 2 is 1.69 bits per heavy atom. The Morgan fingerprint density at radius 3 is 2.28 bits per heavy atom. The van der Waals surface area contributed by atoms with Crippen molar-refractivity contribution in [2.24, 2.45) is 0 Å². The van der Waals surface area contributed by atoms with Gasteiger partial charge in [-0.25, -0.2) is 8.42 Å². The summed E-state index contributed by atoms with van der Waals surface area (Å²) in [5.41, 5.74) is 0.180. The van der Waals surface area contributed by atoms with E-state index in [9.17, 15) is 22.8 Å². The summed E-state index contributed by atoms with van der Waals surface area (Å²) in [7, 11) is -3.27. The lowest BCUT2D eigenvalue weighted by molar-refractivity contribution is -0.133. The molecule has 1 aromatic carbocycles. The minimum absolute atomic E-state index is 0.0178. The molecule has 160 valence electrons. The summed E-state index contributed by atoms with van der Waals surface area (Å²) < 4.78 is 25.0. The Bertz CT molecular complexity index is 886. The van der Waals surface area contributed by atoms with Crippen molar-refractivity contribution in [2.75, 3.05) is 45.0 Å². The van der Waals surface area contributed by atoms with Gasteiger partial charge in [0.1, 0.15) is 0 Å². The molecule has 29 heavy (non-hydrogen) atoms. The Kier molecular flexibility index (Phi) is 8.26. The largest absolute Gasteiger partial charge is 0.345 e. The van der Waals surface area contributed by atoms with Crippen molar-refractivity contribution in [1.82, 2.24) is 19.8 Å². The number of hydrogen-bond donors (Lipinski definition) is 2. The predicted molar refractivity (Wildman–Crippen MR) is 109 cm³/mol. The lowest BCUT2D eigenvalue weighted by atomic mass is 10.2. The molecular formula is C17H22Cl2N4O5S. The zero-order valence-corrected chi connectivity index (χ0v) is 18.1. The maximum Gasteiger partial charge on any atom is 0.253 e.